The Balaban J connectivity index is 2.11. The van der Waals surface area contributed by atoms with Crippen molar-refractivity contribution in [2.75, 3.05) is 18.0 Å². The molecule has 0 spiro atoms. The van der Waals surface area contributed by atoms with Crippen LogP contribution in [0.15, 0.2) is 12.4 Å². The van der Waals surface area contributed by atoms with E-state index in [1.807, 2.05) is 11.8 Å². The van der Waals surface area contributed by atoms with E-state index in [0.717, 1.165) is 11.5 Å². The van der Waals surface area contributed by atoms with E-state index in [1.54, 1.807) is 12.4 Å². The Bertz CT molecular complexity index is 344. The van der Waals surface area contributed by atoms with Crippen LogP contribution in [-0.2, 0) is 0 Å². The van der Waals surface area contributed by atoms with Gasteiger partial charge in [-0.3, -0.25) is 4.98 Å². The minimum Gasteiger partial charge on any atom is -0.355 e. The lowest BCUT2D eigenvalue weighted by Gasteiger charge is -2.32. The van der Waals surface area contributed by atoms with Crippen LogP contribution in [-0.4, -0.2) is 29.0 Å². The van der Waals surface area contributed by atoms with E-state index in [-0.39, 0.29) is 12.8 Å². The maximum atomic E-state index is 12.9. The summed E-state index contributed by atoms with van der Waals surface area (Å²) in [5.74, 6) is -1.78. The van der Waals surface area contributed by atoms with Crippen molar-refractivity contribution in [3.05, 3.63) is 18.1 Å². The fourth-order valence-electron chi connectivity index (χ4n) is 1.76. The number of aryl methyl sites for hydroxylation is 1. The molecule has 0 bridgehead atoms. The quantitative estimate of drug-likeness (QED) is 0.714. The topological polar surface area (TPSA) is 29.0 Å². The van der Waals surface area contributed by atoms with Crippen LogP contribution in [0.4, 0.5) is 14.6 Å². The zero-order chi connectivity index (χ0) is 10.9. The molecule has 2 rings (SSSR count). The van der Waals surface area contributed by atoms with Crippen LogP contribution in [0.3, 0.4) is 0 Å². The molecule has 0 atom stereocenters. The molecule has 0 N–H and O–H groups in total. The first-order valence-corrected chi connectivity index (χ1v) is 4.99. The van der Waals surface area contributed by atoms with Gasteiger partial charge in [0.1, 0.15) is 5.82 Å². The molecule has 1 aliphatic rings. The lowest BCUT2D eigenvalue weighted by molar-refractivity contribution is -0.0221. The van der Waals surface area contributed by atoms with Crippen LogP contribution < -0.4 is 4.90 Å². The Morgan fingerprint density at radius 1 is 1.20 bits per heavy atom. The summed E-state index contributed by atoms with van der Waals surface area (Å²) >= 11 is 0. The van der Waals surface area contributed by atoms with Gasteiger partial charge in [-0.15, -0.1) is 0 Å². The first-order chi connectivity index (χ1) is 7.08. The third-order valence-electron chi connectivity index (χ3n) is 2.65. The second-order valence-corrected chi connectivity index (χ2v) is 3.81. The highest BCUT2D eigenvalue weighted by molar-refractivity contribution is 5.42. The first kappa shape index (κ1) is 10.3. The van der Waals surface area contributed by atoms with E-state index in [1.165, 1.54) is 0 Å². The lowest BCUT2D eigenvalue weighted by atomic mass is 10.1. The molecule has 1 aromatic heterocycles. The summed E-state index contributed by atoms with van der Waals surface area (Å²) in [5.41, 5.74) is 0.794. The Morgan fingerprint density at radius 2 is 1.80 bits per heavy atom. The summed E-state index contributed by atoms with van der Waals surface area (Å²) in [6.45, 7) is 2.55. The largest absolute Gasteiger partial charge is 0.355 e. The first-order valence-electron chi connectivity index (χ1n) is 4.99. The molecule has 0 amide bonds. The van der Waals surface area contributed by atoms with Gasteiger partial charge in [0.05, 0.1) is 5.69 Å². The number of anilines is 1. The highest BCUT2D eigenvalue weighted by Gasteiger charge is 2.34. The monoisotopic (exact) mass is 213 g/mol. The number of hydrogen-bond donors (Lipinski definition) is 0. The van der Waals surface area contributed by atoms with Gasteiger partial charge in [-0.1, -0.05) is 0 Å². The maximum absolute atomic E-state index is 12.9. The third kappa shape index (κ3) is 2.22. The van der Waals surface area contributed by atoms with E-state index in [4.69, 9.17) is 0 Å². The third-order valence-corrected chi connectivity index (χ3v) is 2.65. The molecule has 2 heterocycles. The van der Waals surface area contributed by atoms with E-state index < -0.39 is 5.92 Å². The molecule has 82 valence electrons. The molecule has 0 unspecified atom stereocenters. The minimum atomic E-state index is -2.51. The number of alkyl halides is 2. The van der Waals surface area contributed by atoms with Gasteiger partial charge in [-0.05, 0) is 6.92 Å². The molecule has 0 saturated carbocycles. The summed E-state index contributed by atoms with van der Waals surface area (Å²) in [6, 6.07) is 0. The number of hydrogen-bond acceptors (Lipinski definition) is 3. The van der Waals surface area contributed by atoms with Gasteiger partial charge >= 0.3 is 0 Å². The van der Waals surface area contributed by atoms with Crippen molar-refractivity contribution in [2.24, 2.45) is 0 Å². The number of nitrogens with zero attached hydrogens (tertiary/aromatic N) is 3. The molecule has 1 saturated heterocycles. The SMILES string of the molecule is Cc1nccnc1N1CCC(F)(F)CC1. The molecular weight excluding hydrogens is 200 g/mol. The predicted octanol–water partition coefficient (Wildman–Crippen LogP) is 2.02. The van der Waals surface area contributed by atoms with Gasteiger partial charge < -0.3 is 4.90 Å². The predicted molar refractivity (Wildman–Crippen MR) is 53.2 cm³/mol. The Hall–Kier alpha value is -1.26. The molecule has 0 radical (unpaired) electrons. The molecular formula is C10H13F2N3. The van der Waals surface area contributed by atoms with Crippen LogP contribution >= 0.6 is 0 Å². The van der Waals surface area contributed by atoms with Crippen LogP contribution in [0.1, 0.15) is 18.5 Å². The molecule has 15 heavy (non-hydrogen) atoms. The van der Waals surface area contributed by atoms with Crippen molar-refractivity contribution < 1.29 is 8.78 Å². The second-order valence-electron chi connectivity index (χ2n) is 3.81. The summed E-state index contributed by atoms with van der Waals surface area (Å²) in [4.78, 5) is 10.1. The Morgan fingerprint density at radius 3 is 2.40 bits per heavy atom. The average molecular weight is 213 g/mol. The zero-order valence-corrected chi connectivity index (χ0v) is 8.58. The summed E-state index contributed by atoms with van der Waals surface area (Å²) in [6.07, 6.45) is 3.01. The van der Waals surface area contributed by atoms with Crippen molar-refractivity contribution >= 4 is 5.82 Å². The van der Waals surface area contributed by atoms with Gasteiger partial charge in [0.15, 0.2) is 0 Å². The number of piperidine rings is 1. The summed E-state index contributed by atoms with van der Waals surface area (Å²) in [7, 11) is 0. The molecule has 1 aromatic rings. The van der Waals surface area contributed by atoms with Gasteiger partial charge in [0.25, 0.3) is 5.92 Å². The fourth-order valence-corrected chi connectivity index (χ4v) is 1.76. The average Bonchev–Trinajstić information content (AvgIpc) is 2.19. The molecule has 0 aliphatic carbocycles. The maximum Gasteiger partial charge on any atom is 0.251 e. The van der Waals surface area contributed by atoms with Crippen LogP contribution in [0.25, 0.3) is 0 Å². The second kappa shape index (κ2) is 3.72. The van der Waals surface area contributed by atoms with Crippen LogP contribution in [0.5, 0.6) is 0 Å². The summed E-state index contributed by atoms with van der Waals surface area (Å²) < 4.78 is 25.9. The highest BCUT2D eigenvalue weighted by atomic mass is 19.3. The molecule has 1 fully saturated rings. The van der Waals surface area contributed by atoms with Crippen molar-refractivity contribution in [1.82, 2.24) is 9.97 Å². The molecule has 3 nitrogen and oxygen atoms in total. The Kier molecular flexibility index (Phi) is 2.54. The van der Waals surface area contributed by atoms with Gasteiger partial charge in [0.2, 0.25) is 0 Å². The van der Waals surface area contributed by atoms with E-state index in [2.05, 4.69) is 9.97 Å². The van der Waals surface area contributed by atoms with Crippen molar-refractivity contribution in [1.29, 1.82) is 0 Å². The van der Waals surface area contributed by atoms with Crippen LogP contribution in [0, 0.1) is 6.92 Å². The van der Waals surface area contributed by atoms with Crippen molar-refractivity contribution in [2.45, 2.75) is 25.7 Å². The molecule has 0 aromatic carbocycles. The van der Waals surface area contributed by atoms with E-state index in [0.29, 0.717) is 13.1 Å². The standard InChI is InChI=1S/C10H13F2N3/c1-8-9(14-5-4-13-8)15-6-2-10(11,12)3-7-15/h4-5H,2-3,6-7H2,1H3. The molecule has 1 aliphatic heterocycles. The van der Waals surface area contributed by atoms with Gasteiger partial charge in [-0.2, -0.15) is 0 Å². The fraction of sp³-hybridized carbons (Fsp3) is 0.600. The number of rotatable bonds is 1. The number of halogens is 2. The summed E-state index contributed by atoms with van der Waals surface area (Å²) in [5, 5.41) is 0. The van der Waals surface area contributed by atoms with Gasteiger partial charge in [0, 0.05) is 38.3 Å². The zero-order valence-electron chi connectivity index (χ0n) is 8.58. The highest BCUT2D eigenvalue weighted by Crippen LogP contribution is 2.30. The minimum absolute atomic E-state index is 0.0942. The number of aromatic nitrogens is 2. The van der Waals surface area contributed by atoms with E-state index in [9.17, 15) is 8.78 Å². The van der Waals surface area contributed by atoms with Crippen molar-refractivity contribution in [3.63, 3.8) is 0 Å². The normalized spacial score (nSPS) is 20.3. The Labute approximate surface area is 87.1 Å². The smallest absolute Gasteiger partial charge is 0.251 e. The van der Waals surface area contributed by atoms with Crippen molar-refractivity contribution in [3.8, 4) is 0 Å². The van der Waals surface area contributed by atoms with Crippen LogP contribution in [0.2, 0.25) is 0 Å². The van der Waals surface area contributed by atoms with E-state index >= 15 is 0 Å². The molecule has 5 heteroatoms. The van der Waals surface area contributed by atoms with Gasteiger partial charge in [-0.25, -0.2) is 13.8 Å². The lowest BCUT2D eigenvalue weighted by Crippen LogP contribution is -2.40.